The summed E-state index contributed by atoms with van der Waals surface area (Å²) in [7, 11) is 8.07. The molecule has 2 bridgehead atoms. The maximum atomic E-state index is 15.7. The zero-order valence-corrected chi connectivity index (χ0v) is 65.0. The number of nitrogens with one attached hydrogen (secondary N) is 3. The summed E-state index contributed by atoms with van der Waals surface area (Å²) in [6.07, 6.45) is -11.0. The van der Waals surface area contributed by atoms with Gasteiger partial charge in [0.2, 0.25) is 70.9 Å². The fourth-order valence-corrected chi connectivity index (χ4v) is 17.8. The van der Waals surface area contributed by atoms with E-state index in [4.69, 9.17) is 4.74 Å². The van der Waals surface area contributed by atoms with E-state index in [-0.39, 0.29) is 96.7 Å². The van der Waals surface area contributed by atoms with Crippen LogP contribution < -0.4 is 16.0 Å². The number of carbonyl (C=O) groups is 12. The Hall–Kier alpha value is -7.22. The second-order valence-corrected chi connectivity index (χ2v) is 32.1. The summed E-state index contributed by atoms with van der Waals surface area (Å²) < 4.78 is 121. The standard InChI is InChI=1S/C76H116F8N12O13/c1-11-45(4)63-71(106)89(6)44-61(99)91(8)55-25-16-14-21-36-95(70(55)105)58(39-46-26-29-49(30-27-46)75(79,80)81)68(103)88(5)43-59(97)85-53(31-28-47-37-51(77)62(52(78)38-47)76(82,83)84)67(102)96-42-50(109-13-3)40-56(96)66(101)87-74(32-22-33-74)73(108)93(10)64(48-23-17-18-24-48)72(107)92(9)57(69(104)94-34-19-15-20-35-94)41-60(98)90(7)54(12-2)65(100)86-63/h14,16,45-58,62-64H,11-13,15,17-44H2,1-10H3,(H,85,97)(H,86,100)(H,87,101)/b16-14-/t45-,46?,47?,49?,50+,51?,52?,53-,54-,55-,56-,57-,58-,62?,63-,64-/m0/s1. The topological polar surface area (TPSA) is 279 Å². The highest BCUT2D eigenvalue weighted by Gasteiger charge is 2.56. The van der Waals surface area contributed by atoms with Crippen molar-refractivity contribution in [2.24, 2.45) is 35.5 Å². The van der Waals surface area contributed by atoms with E-state index in [1.165, 1.54) is 57.0 Å². The third-order valence-electron chi connectivity index (χ3n) is 24.8. The predicted octanol–water partition coefficient (Wildman–Crippen LogP) is 6.64. The number of rotatable bonds is 12. The molecule has 12 amide bonds. The minimum atomic E-state index is -5.22. The molecule has 3 saturated heterocycles. The van der Waals surface area contributed by atoms with E-state index in [0.29, 0.717) is 64.5 Å². The molecule has 3 N–H and O–H groups in total. The molecule has 4 heterocycles. The number of piperidine rings is 1. The lowest BCUT2D eigenvalue weighted by molar-refractivity contribution is -0.219. The van der Waals surface area contributed by atoms with Gasteiger partial charge in [-0.05, 0) is 159 Å². The molecule has 8 aliphatic rings. The van der Waals surface area contributed by atoms with Gasteiger partial charge in [0.1, 0.15) is 72.1 Å². The zero-order chi connectivity index (χ0) is 80.3. The molecule has 0 radical (unpaired) electrons. The molecule has 0 aromatic carbocycles. The van der Waals surface area contributed by atoms with Crippen LogP contribution in [-0.4, -0.2) is 288 Å². The Balaban J connectivity index is 1.20. The average molecular weight is 1560 g/mol. The van der Waals surface area contributed by atoms with Crippen LogP contribution in [0.5, 0.6) is 0 Å². The molecule has 2 unspecified atom stereocenters. The molecule has 4 aliphatic carbocycles. The van der Waals surface area contributed by atoms with Crippen LogP contribution in [0.4, 0.5) is 35.1 Å². The Bertz CT molecular complexity index is 3260. The number of hydrogen-bond acceptors (Lipinski definition) is 13. The van der Waals surface area contributed by atoms with Gasteiger partial charge in [0.15, 0.2) is 0 Å². The lowest BCUT2D eigenvalue weighted by atomic mass is 9.74. The van der Waals surface area contributed by atoms with Gasteiger partial charge in [-0.1, -0.05) is 52.2 Å². The SMILES string of the molecule is CCO[C@@H]1C[C@H]2C(=O)NC3(CCC3)C(=O)N(C)[C@@H](C3CCCC3)C(=O)N(C)[C@H](C(=O)N3CCCCC3)CC(=O)N(C)[C@@H](CC)C(=O)N[C@@H]([C@@H](C)CC)C(=O)N(C)CC(=O)N(C)[C@H]3C/C=C\CCN(C3=O)[C@@H](CC3CCC(C(F)(F)F)CC3)C(=O)N(C)CC(=O)N[C@@H](CCC3CC(F)C(C(F)(F)F)C(F)C3)C(=O)N2C1. The Morgan fingerprint density at radius 1 is 0.606 bits per heavy atom. The summed E-state index contributed by atoms with van der Waals surface area (Å²) >= 11 is 0. The number of carbonyl (C=O) groups excluding carboxylic acids is 12. The first-order valence-corrected chi connectivity index (χ1v) is 39.4. The summed E-state index contributed by atoms with van der Waals surface area (Å²) in [5.41, 5.74) is -1.68. The van der Waals surface area contributed by atoms with E-state index < -0.39 is 230 Å². The highest BCUT2D eigenvalue weighted by atomic mass is 19.4. The van der Waals surface area contributed by atoms with Crippen molar-refractivity contribution in [1.29, 1.82) is 0 Å². The van der Waals surface area contributed by atoms with Gasteiger partial charge >= 0.3 is 12.4 Å². The minimum absolute atomic E-state index is 0.00247. The number of ether oxygens (including phenoxy) is 1. The number of likely N-dealkylation sites (N-methyl/N-ethyl adjacent to an activating group) is 6. The van der Waals surface area contributed by atoms with E-state index in [1.807, 2.05) is 0 Å². The predicted molar refractivity (Wildman–Crippen MR) is 384 cm³/mol. The summed E-state index contributed by atoms with van der Waals surface area (Å²) in [5.74, 6) is -16.5. The number of amides is 12. The average Bonchev–Trinajstić information content (AvgIpc) is 1.64. The first-order valence-electron chi connectivity index (χ1n) is 39.4. The van der Waals surface area contributed by atoms with Gasteiger partial charge in [-0.3, -0.25) is 57.5 Å². The molecule has 8 rings (SSSR count). The van der Waals surface area contributed by atoms with Crippen LogP contribution in [0, 0.1) is 35.5 Å². The van der Waals surface area contributed by atoms with Crippen LogP contribution in [0.15, 0.2) is 12.2 Å². The summed E-state index contributed by atoms with van der Waals surface area (Å²) in [4.78, 5) is 192. The van der Waals surface area contributed by atoms with Crippen LogP contribution in [-0.2, 0) is 62.3 Å². The number of fused-ring (bicyclic) bond motifs is 3. The van der Waals surface area contributed by atoms with Gasteiger partial charge in [-0.2, -0.15) is 26.3 Å². The van der Waals surface area contributed by atoms with Crippen LogP contribution >= 0.6 is 0 Å². The summed E-state index contributed by atoms with van der Waals surface area (Å²) in [6.45, 7) is 5.57. The number of nitrogens with zero attached hydrogens (tertiary/aromatic N) is 9. The lowest BCUT2D eigenvalue weighted by Gasteiger charge is -2.47. The van der Waals surface area contributed by atoms with Crippen LogP contribution in [0.3, 0.4) is 0 Å². The van der Waals surface area contributed by atoms with Crippen LogP contribution in [0.2, 0.25) is 0 Å². The molecule has 33 heteroatoms. The van der Waals surface area contributed by atoms with Crippen molar-refractivity contribution in [3.05, 3.63) is 12.2 Å². The summed E-state index contributed by atoms with van der Waals surface area (Å²) in [5, 5.41) is 8.41. The largest absolute Gasteiger partial charge is 0.397 e. The molecule has 0 aromatic rings. The van der Waals surface area contributed by atoms with Gasteiger partial charge in [0, 0.05) is 81.5 Å². The molecular formula is C76H116F8N12O13. The number of alkyl halides is 8. The van der Waals surface area contributed by atoms with Crippen molar-refractivity contribution in [1.82, 2.24) is 60.0 Å². The van der Waals surface area contributed by atoms with E-state index in [2.05, 4.69) is 16.0 Å². The Morgan fingerprint density at radius 2 is 1.24 bits per heavy atom. The van der Waals surface area contributed by atoms with Crippen molar-refractivity contribution >= 4 is 70.9 Å². The van der Waals surface area contributed by atoms with E-state index >= 15 is 42.3 Å². The van der Waals surface area contributed by atoms with E-state index in [1.54, 1.807) is 44.7 Å². The van der Waals surface area contributed by atoms with Crippen molar-refractivity contribution in [3.63, 3.8) is 0 Å². The number of likely N-dealkylation sites (tertiary alicyclic amines) is 1. The smallest absolute Gasteiger partial charge is 0.377 e. The van der Waals surface area contributed by atoms with Crippen molar-refractivity contribution in [2.45, 2.75) is 273 Å². The second kappa shape index (κ2) is 37.9. The van der Waals surface area contributed by atoms with Crippen LogP contribution in [0.1, 0.15) is 188 Å². The van der Waals surface area contributed by atoms with Gasteiger partial charge in [-0.15, -0.1) is 0 Å². The highest BCUT2D eigenvalue weighted by Crippen LogP contribution is 2.46. The first kappa shape index (κ1) is 87.4. The molecule has 12 atom stereocenters. The Labute approximate surface area is 634 Å². The minimum Gasteiger partial charge on any atom is -0.377 e. The Kier molecular flexibility index (Phi) is 30.3. The first-order chi connectivity index (χ1) is 51.4. The Morgan fingerprint density at radius 3 is 1.82 bits per heavy atom. The maximum Gasteiger partial charge on any atom is 0.397 e. The van der Waals surface area contributed by atoms with Gasteiger partial charge in [0.25, 0.3) is 0 Å². The third kappa shape index (κ3) is 20.9. The second-order valence-electron chi connectivity index (χ2n) is 32.1. The maximum absolute atomic E-state index is 15.7. The van der Waals surface area contributed by atoms with Gasteiger partial charge in [0.05, 0.1) is 31.5 Å². The fourth-order valence-electron chi connectivity index (χ4n) is 17.8. The van der Waals surface area contributed by atoms with E-state index in [9.17, 15) is 50.3 Å². The summed E-state index contributed by atoms with van der Waals surface area (Å²) in [6, 6.07) is -11.3. The molecule has 4 saturated carbocycles. The normalized spacial score (nSPS) is 32.6. The molecular weight excluding hydrogens is 1440 g/mol. The monoisotopic (exact) mass is 1560 g/mol. The quantitative estimate of drug-likeness (QED) is 0.137. The van der Waals surface area contributed by atoms with Crippen molar-refractivity contribution in [3.8, 4) is 0 Å². The van der Waals surface area contributed by atoms with Crippen molar-refractivity contribution in [2.75, 3.05) is 88.2 Å². The molecule has 25 nitrogen and oxygen atoms in total. The van der Waals surface area contributed by atoms with Crippen molar-refractivity contribution < 1.29 is 97.4 Å². The number of hydrogen-bond donors (Lipinski definition) is 3. The molecule has 4 aliphatic heterocycles. The van der Waals surface area contributed by atoms with Gasteiger partial charge in [-0.25, -0.2) is 8.78 Å². The molecule has 109 heavy (non-hydrogen) atoms. The zero-order valence-electron chi connectivity index (χ0n) is 65.0. The van der Waals surface area contributed by atoms with Gasteiger partial charge < -0.3 is 64.8 Å². The lowest BCUT2D eigenvalue weighted by Crippen LogP contribution is -2.68. The molecule has 0 aromatic heterocycles. The third-order valence-corrected chi connectivity index (χ3v) is 24.8. The number of halogens is 8. The molecule has 614 valence electrons. The molecule has 7 fully saturated rings. The highest BCUT2D eigenvalue weighted by molar-refractivity contribution is 6.01. The molecule has 1 spiro atoms. The fraction of sp³-hybridized carbons (Fsp3) is 0.816. The van der Waals surface area contributed by atoms with Crippen LogP contribution in [0.25, 0.3) is 0 Å². The van der Waals surface area contributed by atoms with E-state index in [0.717, 1.165) is 30.9 Å².